The van der Waals surface area contributed by atoms with Gasteiger partial charge < -0.3 is 5.32 Å². The van der Waals surface area contributed by atoms with Crippen LogP contribution in [0.4, 0.5) is 0 Å². The van der Waals surface area contributed by atoms with E-state index in [1.54, 1.807) is 0 Å². The first-order chi connectivity index (χ1) is 8.31. The second-order valence-electron chi connectivity index (χ2n) is 3.74. The van der Waals surface area contributed by atoms with Crippen LogP contribution in [-0.2, 0) is 6.42 Å². The average Bonchev–Trinajstić information content (AvgIpc) is 2.85. The van der Waals surface area contributed by atoms with Gasteiger partial charge in [0.1, 0.15) is 0 Å². The highest BCUT2D eigenvalue weighted by Crippen LogP contribution is 2.22. The van der Waals surface area contributed by atoms with Crippen molar-refractivity contribution >= 4 is 27.7 Å². The standard InChI is InChI=1S/C12H14BrN3S/c1-2-14-11(12-8-15-17-16-12)7-9-5-3-4-6-10(9)13/h3-6,8,11,14H,2,7H2,1H3. The van der Waals surface area contributed by atoms with Gasteiger partial charge in [-0.3, -0.25) is 0 Å². The molecule has 0 spiro atoms. The lowest BCUT2D eigenvalue weighted by Crippen LogP contribution is -2.23. The Morgan fingerprint density at radius 1 is 1.41 bits per heavy atom. The third-order valence-corrected chi connectivity index (χ3v) is 3.83. The number of hydrogen-bond acceptors (Lipinski definition) is 4. The molecule has 1 N–H and O–H groups in total. The zero-order valence-corrected chi connectivity index (χ0v) is 12.0. The normalized spacial score (nSPS) is 12.6. The molecule has 90 valence electrons. The van der Waals surface area contributed by atoms with Crippen molar-refractivity contribution in [2.75, 3.05) is 6.54 Å². The zero-order chi connectivity index (χ0) is 12.1. The van der Waals surface area contributed by atoms with Crippen LogP contribution in [0.3, 0.4) is 0 Å². The Balaban J connectivity index is 2.16. The number of nitrogens with one attached hydrogen (secondary N) is 1. The lowest BCUT2D eigenvalue weighted by Gasteiger charge is -2.16. The molecule has 0 aliphatic rings. The summed E-state index contributed by atoms with van der Waals surface area (Å²) in [5.41, 5.74) is 2.30. The fourth-order valence-corrected chi connectivity index (χ4v) is 2.65. The van der Waals surface area contributed by atoms with E-state index in [0.29, 0.717) is 0 Å². The van der Waals surface area contributed by atoms with E-state index in [2.05, 4.69) is 55.1 Å². The molecule has 0 aliphatic carbocycles. The first-order valence-electron chi connectivity index (χ1n) is 5.55. The zero-order valence-electron chi connectivity index (χ0n) is 9.56. The molecule has 0 bridgehead atoms. The van der Waals surface area contributed by atoms with Crippen LogP contribution in [0, 0.1) is 0 Å². The summed E-state index contributed by atoms with van der Waals surface area (Å²) in [5.74, 6) is 0. The fraction of sp³-hybridized carbons (Fsp3) is 0.333. The van der Waals surface area contributed by atoms with E-state index in [9.17, 15) is 0 Å². The topological polar surface area (TPSA) is 37.8 Å². The van der Waals surface area contributed by atoms with Crippen LogP contribution in [0.5, 0.6) is 0 Å². The summed E-state index contributed by atoms with van der Waals surface area (Å²) in [5, 5.41) is 3.44. The van der Waals surface area contributed by atoms with Crippen LogP contribution in [0.15, 0.2) is 34.9 Å². The van der Waals surface area contributed by atoms with E-state index >= 15 is 0 Å². The average molecular weight is 312 g/mol. The molecular weight excluding hydrogens is 298 g/mol. The Hall–Kier alpha value is -0.780. The van der Waals surface area contributed by atoms with Crippen molar-refractivity contribution in [2.24, 2.45) is 0 Å². The maximum absolute atomic E-state index is 4.31. The molecule has 0 amide bonds. The molecular formula is C12H14BrN3S. The first-order valence-corrected chi connectivity index (χ1v) is 7.08. The van der Waals surface area contributed by atoms with Crippen LogP contribution in [0.2, 0.25) is 0 Å². The quantitative estimate of drug-likeness (QED) is 0.921. The molecule has 17 heavy (non-hydrogen) atoms. The predicted molar refractivity (Wildman–Crippen MR) is 74.2 cm³/mol. The largest absolute Gasteiger partial charge is 0.309 e. The number of rotatable bonds is 5. The second kappa shape index (κ2) is 6.23. The van der Waals surface area contributed by atoms with E-state index in [0.717, 1.165) is 23.1 Å². The molecule has 1 aromatic heterocycles. The summed E-state index contributed by atoms with van der Waals surface area (Å²) in [4.78, 5) is 0. The number of likely N-dealkylation sites (N-methyl/N-ethyl adjacent to an activating group) is 1. The van der Waals surface area contributed by atoms with E-state index in [4.69, 9.17) is 0 Å². The lowest BCUT2D eigenvalue weighted by molar-refractivity contribution is 0.539. The van der Waals surface area contributed by atoms with E-state index in [1.807, 2.05) is 12.3 Å². The Bertz CT molecular complexity index is 459. The molecule has 0 radical (unpaired) electrons. The summed E-state index contributed by atoms with van der Waals surface area (Å²) < 4.78 is 9.53. The van der Waals surface area contributed by atoms with Gasteiger partial charge in [-0.25, -0.2) is 0 Å². The SMILES string of the molecule is CCNC(Cc1ccccc1Br)c1cnsn1. The van der Waals surface area contributed by atoms with Crippen LogP contribution in [-0.4, -0.2) is 15.3 Å². The van der Waals surface area contributed by atoms with Crippen molar-refractivity contribution < 1.29 is 0 Å². The lowest BCUT2D eigenvalue weighted by atomic mass is 10.0. The maximum Gasteiger partial charge on any atom is 0.0915 e. The van der Waals surface area contributed by atoms with Gasteiger partial charge in [0, 0.05) is 4.47 Å². The van der Waals surface area contributed by atoms with Crippen molar-refractivity contribution in [3.05, 3.63) is 46.2 Å². The van der Waals surface area contributed by atoms with Gasteiger partial charge in [-0.1, -0.05) is 41.1 Å². The van der Waals surface area contributed by atoms with Crippen molar-refractivity contribution in [2.45, 2.75) is 19.4 Å². The number of benzene rings is 1. The molecule has 3 nitrogen and oxygen atoms in total. The minimum absolute atomic E-state index is 0.234. The minimum Gasteiger partial charge on any atom is -0.309 e. The molecule has 1 heterocycles. The highest BCUT2D eigenvalue weighted by molar-refractivity contribution is 9.10. The van der Waals surface area contributed by atoms with Gasteiger partial charge >= 0.3 is 0 Å². The van der Waals surface area contributed by atoms with Crippen LogP contribution < -0.4 is 5.32 Å². The molecule has 1 atom stereocenters. The summed E-state index contributed by atoms with van der Waals surface area (Å²) in [6.45, 7) is 3.03. The Morgan fingerprint density at radius 3 is 2.88 bits per heavy atom. The maximum atomic E-state index is 4.31. The number of nitrogens with zero attached hydrogens (tertiary/aromatic N) is 2. The summed E-state index contributed by atoms with van der Waals surface area (Å²) in [6.07, 6.45) is 2.76. The molecule has 0 fully saturated rings. The molecule has 1 aromatic carbocycles. The van der Waals surface area contributed by atoms with Gasteiger partial charge in [0.2, 0.25) is 0 Å². The molecule has 0 saturated carbocycles. The number of hydrogen-bond donors (Lipinski definition) is 1. The Kier molecular flexibility index (Phi) is 4.65. The molecule has 2 aromatic rings. The van der Waals surface area contributed by atoms with Gasteiger partial charge in [-0.15, -0.1) is 0 Å². The minimum atomic E-state index is 0.234. The van der Waals surface area contributed by atoms with Crippen molar-refractivity contribution in [1.82, 2.24) is 14.1 Å². The summed E-state index contributed by atoms with van der Waals surface area (Å²) in [7, 11) is 0. The van der Waals surface area contributed by atoms with Gasteiger partial charge in [0.25, 0.3) is 0 Å². The van der Waals surface area contributed by atoms with E-state index in [1.165, 1.54) is 17.3 Å². The fourth-order valence-electron chi connectivity index (χ4n) is 1.74. The Labute approximate surface area is 114 Å². The smallest absolute Gasteiger partial charge is 0.0915 e. The van der Waals surface area contributed by atoms with E-state index < -0.39 is 0 Å². The highest BCUT2D eigenvalue weighted by Gasteiger charge is 2.14. The van der Waals surface area contributed by atoms with Crippen LogP contribution in [0.1, 0.15) is 24.2 Å². The number of halogens is 1. The van der Waals surface area contributed by atoms with Gasteiger partial charge in [-0.05, 0) is 24.6 Å². The molecule has 0 saturated heterocycles. The van der Waals surface area contributed by atoms with Gasteiger partial charge in [0.05, 0.1) is 29.7 Å². The van der Waals surface area contributed by atoms with Crippen molar-refractivity contribution in [1.29, 1.82) is 0 Å². The third-order valence-electron chi connectivity index (χ3n) is 2.57. The summed E-state index contributed by atoms with van der Waals surface area (Å²) >= 11 is 4.83. The third kappa shape index (κ3) is 3.34. The second-order valence-corrected chi connectivity index (χ2v) is 5.15. The predicted octanol–water partition coefficient (Wildman–Crippen LogP) is 3.19. The molecule has 0 aliphatic heterocycles. The molecule has 1 unspecified atom stereocenters. The van der Waals surface area contributed by atoms with E-state index in [-0.39, 0.29) is 6.04 Å². The molecule has 5 heteroatoms. The first kappa shape index (κ1) is 12.7. The van der Waals surface area contributed by atoms with Gasteiger partial charge in [0.15, 0.2) is 0 Å². The van der Waals surface area contributed by atoms with Gasteiger partial charge in [-0.2, -0.15) is 8.75 Å². The van der Waals surface area contributed by atoms with Crippen LogP contribution >= 0.6 is 27.7 Å². The Morgan fingerprint density at radius 2 is 2.24 bits per heavy atom. The molecule has 2 rings (SSSR count). The highest BCUT2D eigenvalue weighted by atomic mass is 79.9. The van der Waals surface area contributed by atoms with Crippen LogP contribution in [0.25, 0.3) is 0 Å². The van der Waals surface area contributed by atoms with Crippen molar-refractivity contribution in [3.8, 4) is 0 Å². The number of aromatic nitrogens is 2. The monoisotopic (exact) mass is 311 g/mol. The van der Waals surface area contributed by atoms with Crippen molar-refractivity contribution in [3.63, 3.8) is 0 Å². The summed E-state index contributed by atoms with van der Waals surface area (Å²) in [6, 6.07) is 8.52.